The van der Waals surface area contributed by atoms with Gasteiger partial charge in [0.1, 0.15) is 11.3 Å². The Morgan fingerprint density at radius 3 is 2.32 bits per heavy atom. The molecule has 0 spiro atoms. The molecule has 0 aliphatic rings. The Balaban J connectivity index is 1.96. The van der Waals surface area contributed by atoms with Crippen molar-refractivity contribution in [3.8, 4) is 11.4 Å². The van der Waals surface area contributed by atoms with Crippen LogP contribution in [0.25, 0.3) is 22.3 Å². The lowest BCUT2D eigenvalue weighted by Gasteiger charge is -2.17. The molecule has 28 heavy (non-hydrogen) atoms. The van der Waals surface area contributed by atoms with Crippen LogP contribution in [0.1, 0.15) is 5.56 Å². The maximum atomic E-state index is 13.4. The van der Waals surface area contributed by atoms with Crippen molar-refractivity contribution in [1.82, 2.24) is 4.57 Å². The first-order valence-electron chi connectivity index (χ1n) is 8.71. The average Bonchev–Trinajstić information content (AvgIpc) is 2.71. The van der Waals surface area contributed by atoms with E-state index in [0.717, 1.165) is 15.8 Å². The first kappa shape index (κ1) is 18.1. The lowest BCUT2D eigenvalue weighted by atomic mass is 10.1. The number of aromatic hydroxyl groups is 1. The first-order valence-corrected chi connectivity index (χ1v) is 9.50. The maximum Gasteiger partial charge on any atom is 0.268 e. The third kappa shape index (κ3) is 3.10. The molecule has 3 aromatic carbocycles. The van der Waals surface area contributed by atoms with Crippen LogP contribution in [0.5, 0.6) is 5.75 Å². The fourth-order valence-corrected chi connectivity index (χ4v) is 3.60. The molecule has 138 valence electrons. The summed E-state index contributed by atoms with van der Waals surface area (Å²) in [6.07, 6.45) is 0. The molecule has 0 aliphatic carbocycles. The number of pyridine rings is 1. The quantitative estimate of drug-likeness (QED) is 0.444. The number of para-hydroxylation sites is 3. The Bertz CT molecular complexity index is 1250. The van der Waals surface area contributed by atoms with Crippen molar-refractivity contribution in [2.45, 2.75) is 0 Å². The van der Waals surface area contributed by atoms with Crippen LogP contribution in [0, 0.1) is 0 Å². The van der Waals surface area contributed by atoms with Gasteiger partial charge >= 0.3 is 0 Å². The zero-order chi connectivity index (χ0) is 19.7. The van der Waals surface area contributed by atoms with Crippen LogP contribution >= 0.6 is 15.9 Å². The summed E-state index contributed by atoms with van der Waals surface area (Å²) in [4.78, 5) is 13.4. The highest BCUT2D eigenvalue weighted by Gasteiger charge is 2.19. The van der Waals surface area contributed by atoms with Gasteiger partial charge in [-0.25, -0.2) is 0 Å². The van der Waals surface area contributed by atoms with Crippen LogP contribution in [0.4, 0.5) is 5.69 Å². The van der Waals surface area contributed by atoms with E-state index in [9.17, 15) is 9.90 Å². The minimum Gasteiger partial charge on any atom is -0.506 e. The number of hydrogen-bond acceptors (Lipinski definition) is 3. The summed E-state index contributed by atoms with van der Waals surface area (Å²) < 4.78 is 2.43. The van der Waals surface area contributed by atoms with Gasteiger partial charge in [-0.3, -0.25) is 9.36 Å². The zero-order valence-corrected chi connectivity index (χ0v) is 16.5. The third-order valence-corrected chi connectivity index (χ3v) is 5.22. The van der Waals surface area contributed by atoms with Crippen molar-refractivity contribution in [2.24, 2.45) is 0 Å². The molecular weight excluding hydrogens is 416 g/mol. The predicted molar refractivity (Wildman–Crippen MR) is 118 cm³/mol. The molecule has 0 bridgehead atoms. The van der Waals surface area contributed by atoms with E-state index < -0.39 is 0 Å². The summed E-state index contributed by atoms with van der Waals surface area (Å²) in [5, 5.41) is 14.6. The van der Waals surface area contributed by atoms with Gasteiger partial charge in [-0.2, -0.15) is 0 Å². The van der Waals surface area contributed by atoms with E-state index in [-0.39, 0.29) is 16.9 Å². The SMILES string of the molecule is C=C(Nc1ccccc1Br)c1c(O)c2ccccc2n(-c2ccccc2)c1=O. The maximum absolute atomic E-state index is 13.4. The van der Waals surface area contributed by atoms with Crippen molar-refractivity contribution in [3.63, 3.8) is 0 Å². The first-order chi connectivity index (χ1) is 13.6. The van der Waals surface area contributed by atoms with Crippen molar-refractivity contribution in [3.05, 3.63) is 106 Å². The van der Waals surface area contributed by atoms with Crippen molar-refractivity contribution in [2.75, 3.05) is 5.32 Å². The van der Waals surface area contributed by atoms with E-state index >= 15 is 0 Å². The minimum absolute atomic E-state index is 0.0858. The highest BCUT2D eigenvalue weighted by atomic mass is 79.9. The highest BCUT2D eigenvalue weighted by Crippen LogP contribution is 2.32. The second kappa shape index (κ2) is 7.37. The molecule has 1 heterocycles. The lowest BCUT2D eigenvalue weighted by Crippen LogP contribution is -2.24. The molecule has 4 nitrogen and oxygen atoms in total. The Labute approximate surface area is 170 Å². The standard InChI is InChI=1S/C23H17BrN2O2/c1-15(25-19-13-7-6-12-18(19)24)21-22(27)17-11-5-8-14-20(17)26(23(21)28)16-9-3-2-4-10-16/h2-14,25,27H,1H2. The number of anilines is 1. The van der Waals surface area contributed by atoms with Gasteiger partial charge in [-0.15, -0.1) is 0 Å². The monoisotopic (exact) mass is 432 g/mol. The van der Waals surface area contributed by atoms with Crippen LogP contribution in [-0.4, -0.2) is 9.67 Å². The van der Waals surface area contributed by atoms with Crippen molar-refractivity contribution < 1.29 is 5.11 Å². The van der Waals surface area contributed by atoms with Gasteiger partial charge in [-0.05, 0) is 52.3 Å². The number of aromatic nitrogens is 1. The number of halogens is 1. The molecule has 1 aromatic heterocycles. The third-order valence-electron chi connectivity index (χ3n) is 4.53. The van der Waals surface area contributed by atoms with Crippen LogP contribution in [0.2, 0.25) is 0 Å². The highest BCUT2D eigenvalue weighted by molar-refractivity contribution is 9.10. The zero-order valence-electron chi connectivity index (χ0n) is 14.9. The van der Waals surface area contributed by atoms with Crippen LogP contribution in [0.15, 0.2) is 94.7 Å². The minimum atomic E-state index is -0.341. The largest absolute Gasteiger partial charge is 0.506 e. The van der Waals surface area contributed by atoms with Gasteiger partial charge in [-0.1, -0.05) is 49.0 Å². The van der Waals surface area contributed by atoms with E-state index in [2.05, 4.69) is 27.8 Å². The van der Waals surface area contributed by atoms with Gasteiger partial charge in [0.15, 0.2) is 0 Å². The van der Waals surface area contributed by atoms with Gasteiger partial charge in [0, 0.05) is 21.2 Å². The van der Waals surface area contributed by atoms with E-state index in [0.29, 0.717) is 16.6 Å². The molecular formula is C23H17BrN2O2. The Hall–Kier alpha value is -3.31. The molecule has 0 saturated heterocycles. The van der Waals surface area contributed by atoms with Gasteiger partial charge in [0.05, 0.1) is 11.2 Å². The number of benzene rings is 3. The fourth-order valence-electron chi connectivity index (χ4n) is 3.22. The summed E-state index contributed by atoms with van der Waals surface area (Å²) in [6, 6.07) is 24.2. The molecule has 0 amide bonds. The van der Waals surface area contributed by atoms with E-state index in [4.69, 9.17) is 0 Å². The van der Waals surface area contributed by atoms with Crippen LogP contribution < -0.4 is 10.9 Å². The van der Waals surface area contributed by atoms with E-state index in [1.807, 2.05) is 72.8 Å². The van der Waals surface area contributed by atoms with E-state index in [1.165, 1.54) is 0 Å². The summed E-state index contributed by atoms with van der Waals surface area (Å²) in [6.45, 7) is 4.02. The molecule has 0 saturated carbocycles. The molecule has 0 atom stereocenters. The van der Waals surface area contributed by atoms with Gasteiger partial charge < -0.3 is 10.4 Å². The molecule has 0 aliphatic heterocycles. The number of rotatable bonds is 4. The summed E-state index contributed by atoms with van der Waals surface area (Å²) >= 11 is 3.48. The van der Waals surface area contributed by atoms with Crippen LogP contribution in [0.3, 0.4) is 0 Å². The molecule has 2 N–H and O–H groups in total. The molecule has 4 aromatic rings. The Morgan fingerprint density at radius 2 is 1.57 bits per heavy atom. The number of nitrogens with zero attached hydrogens (tertiary/aromatic N) is 1. The normalized spacial score (nSPS) is 10.8. The molecule has 0 fully saturated rings. The molecule has 0 unspecified atom stereocenters. The average molecular weight is 433 g/mol. The van der Waals surface area contributed by atoms with E-state index in [1.54, 1.807) is 10.6 Å². The second-order valence-electron chi connectivity index (χ2n) is 6.30. The van der Waals surface area contributed by atoms with Crippen molar-refractivity contribution in [1.29, 1.82) is 0 Å². The molecule has 4 rings (SSSR count). The lowest BCUT2D eigenvalue weighted by molar-refractivity contribution is 0.478. The van der Waals surface area contributed by atoms with Gasteiger partial charge in [0.25, 0.3) is 5.56 Å². The summed E-state index contributed by atoms with van der Waals surface area (Å²) in [5.74, 6) is -0.0858. The summed E-state index contributed by atoms with van der Waals surface area (Å²) in [7, 11) is 0. The fraction of sp³-hybridized carbons (Fsp3) is 0. The van der Waals surface area contributed by atoms with Crippen LogP contribution in [-0.2, 0) is 0 Å². The molecule has 0 radical (unpaired) electrons. The predicted octanol–water partition coefficient (Wildman–Crippen LogP) is 5.54. The van der Waals surface area contributed by atoms with Gasteiger partial charge in [0.2, 0.25) is 0 Å². The summed E-state index contributed by atoms with van der Waals surface area (Å²) in [5.41, 5.74) is 2.23. The van der Waals surface area contributed by atoms with Crippen molar-refractivity contribution >= 4 is 38.2 Å². The second-order valence-corrected chi connectivity index (χ2v) is 7.15. The number of hydrogen-bond donors (Lipinski definition) is 2. The number of nitrogens with one attached hydrogen (secondary N) is 1. The Kier molecular flexibility index (Phi) is 4.75. The topological polar surface area (TPSA) is 54.3 Å². The number of fused-ring (bicyclic) bond motifs is 1. The molecule has 5 heteroatoms. The smallest absolute Gasteiger partial charge is 0.268 e. The Morgan fingerprint density at radius 1 is 0.929 bits per heavy atom.